The van der Waals surface area contributed by atoms with Crippen LogP contribution < -0.4 is 9.47 Å². The lowest BCUT2D eigenvalue weighted by molar-refractivity contribution is -0.249. The molecule has 3 rings (SSSR count). The Hall–Kier alpha value is -2.31. The summed E-state index contributed by atoms with van der Waals surface area (Å²) >= 11 is 0. The molecule has 2 aromatic rings. The van der Waals surface area contributed by atoms with E-state index in [-0.39, 0.29) is 11.6 Å². The summed E-state index contributed by atoms with van der Waals surface area (Å²) in [5, 5.41) is 20.7. The van der Waals surface area contributed by atoms with Crippen molar-refractivity contribution in [3.05, 3.63) is 54.5 Å². The number of ether oxygens (including phenoxy) is 3. The fourth-order valence-corrected chi connectivity index (χ4v) is 3.25. The fraction of sp³-hybridized carbons (Fsp3) is 0.312. The van der Waals surface area contributed by atoms with Crippen molar-refractivity contribution in [3.63, 3.8) is 0 Å². The minimum absolute atomic E-state index is 0.186. The van der Waals surface area contributed by atoms with Crippen LogP contribution in [0.3, 0.4) is 0 Å². The fourth-order valence-electron chi connectivity index (χ4n) is 2.49. The first-order chi connectivity index (χ1) is 12.8. The molecule has 0 bridgehead atoms. The molecule has 0 aliphatic carbocycles. The maximum absolute atomic E-state index is 13.0. The normalized spacial score (nSPS) is 28.5. The van der Waals surface area contributed by atoms with Crippen molar-refractivity contribution in [1.82, 2.24) is 4.98 Å². The maximum Gasteiger partial charge on any atom is 0.295 e. The number of benzene rings is 1. The molecule has 11 heteroatoms. The Balaban J connectivity index is 1.87. The van der Waals surface area contributed by atoms with Crippen molar-refractivity contribution >= 4 is 10.1 Å². The number of para-hydroxylation sites is 1. The molecule has 9 nitrogen and oxygen atoms in total. The van der Waals surface area contributed by atoms with E-state index in [1.54, 1.807) is 18.2 Å². The molecule has 3 N–H and O–H groups in total. The van der Waals surface area contributed by atoms with E-state index in [0.29, 0.717) is 0 Å². The first kappa shape index (κ1) is 19.5. The Kier molecular flexibility index (Phi) is 5.58. The van der Waals surface area contributed by atoms with Gasteiger partial charge in [0.2, 0.25) is 17.6 Å². The van der Waals surface area contributed by atoms with Crippen molar-refractivity contribution in [2.75, 3.05) is 0 Å². The van der Waals surface area contributed by atoms with E-state index < -0.39 is 46.0 Å². The first-order valence-electron chi connectivity index (χ1n) is 7.73. The molecular formula is C16H16FNO8S. The van der Waals surface area contributed by atoms with Crippen LogP contribution in [0.25, 0.3) is 0 Å². The molecule has 1 saturated heterocycles. The minimum Gasteiger partial charge on any atom is -0.468 e. The Labute approximate surface area is 153 Å². The second-order valence-electron chi connectivity index (χ2n) is 5.70. The Morgan fingerprint density at radius 3 is 2.33 bits per heavy atom. The van der Waals surface area contributed by atoms with Gasteiger partial charge in [0.05, 0.1) is 6.20 Å². The Bertz CT molecular complexity index is 864. The van der Waals surface area contributed by atoms with E-state index in [1.165, 1.54) is 12.1 Å². The van der Waals surface area contributed by atoms with Gasteiger partial charge in [0.1, 0.15) is 17.7 Å². The van der Waals surface area contributed by atoms with E-state index in [2.05, 4.69) is 4.98 Å². The summed E-state index contributed by atoms with van der Waals surface area (Å²) < 4.78 is 61.2. The smallest absolute Gasteiger partial charge is 0.295 e. The number of pyridine rings is 1. The average molecular weight is 401 g/mol. The van der Waals surface area contributed by atoms with E-state index in [1.807, 2.05) is 0 Å². The van der Waals surface area contributed by atoms with Crippen molar-refractivity contribution in [2.45, 2.75) is 30.0 Å². The van der Waals surface area contributed by atoms with Crippen LogP contribution in [0.2, 0.25) is 0 Å². The summed E-state index contributed by atoms with van der Waals surface area (Å²) in [5.41, 5.74) is -2.14. The number of nitrogens with zero attached hydrogens (tertiary/aromatic N) is 1. The van der Waals surface area contributed by atoms with Crippen LogP contribution in [0, 0.1) is 5.82 Å². The molecular weight excluding hydrogens is 385 g/mol. The van der Waals surface area contributed by atoms with Gasteiger partial charge >= 0.3 is 0 Å². The number of aliphatic hydroxyl groups is 2. The van der Waals surface area contributed by atoms with Gasteiger partial charge in [-0.15, -0.1) is 0 Å². The number of aliphatic hydroxyl groups excluding tert-OH is 2. The molecule has 1 aromatic heterocycles. The largest absolute Gasteiger partial charge is 0.468 e. The zero-order valence-electron chi connectivity index (χ0n) is 13.6. The maximum atomic E-state index is 13.0. The molecule has 0 radical (unpaired) electrons. The van der Waals surface area contributed by atoms with Gasteiger partial charge in [0, 0.05) is 6.07 Å². The molecule has 146 valence electrons. The molecule has 1 unspecified atom stereocenters. The lowest BCUT2D eigenvalue weighted by Crippen LogP contribution is -2.62. The lowest BCUT2D eigenvalue weighted by Gasteiger charge is -2.40. The van der Waals surface area contributed by atoms with Gasteiger partial charge in [0.15, 0.2) is 12.2 Å². The molecule has 1 aliphatic heterocycles. The predicted molar refractivity (Wildman–Crippen MR) is 87.9 cm³/mol. The number of rotatable bonds is 5. The number of hydrogen-bond acceptors (Lipinski definition) is 8. The third kappa shape index (κ3) is 4.51. The molecule has 2 heterocycles. The van der Waals surface area contributed by atoms with E-state index in [9.17, 15) is 27.6 Å². The van der Waals surface area contributed by atoms with Crippen molar-refractivity contribution < 1.29 is 41.8 Å². The molecule has 0 saturated carbocycles. The van der Waals surface area contributed by atoms with E-state index in [0.717, 1.165) is 18.3 Å². The number of hydrogen-bond donors (Lipinski definition) is 3. The van der Waals surface area contributed by atoms with E-state index >= 15 is 0 Å². The summed E-state index contributed by atoms with van der Waals surface area (Å²) in [7, 11) is -4.88. The topological polar surface area (TPSA) is 135 Å². The SMILES string of the molecule is O=S(=O)(O)C1O[C@@H](Oc2ccccc2)[C@H](O)[C@@H](Oc2ccc(F)cn2)[C@@H]1O. The van der Waals surface area contributed by atoms with Gasteiger partial charge in [-0.1, -0.05) is 18.2 Å². The van der Waals surface area contributed by atoms with Crippen LogP contribution in [-0.4, -0.2) is 58.2 Å². The van der Waals surface area contributed by atoms with Crippen LogP contribution in [0.4, 0.5) is 4.39 Å². The van der Waals surface area contributed by atoms with Crippen molar-refractivity contribution in [3.8, 4) is 11.6 Å². The number of aromatic nitrogens is 1. The zero-order chi connectivity index (χ0) is 19.6. The van der Waals surface area contributed by atoms with Crippen molar-refractivity contribution in [2.24, 2.45) is 0 Å². The lowest BCUT2D eigenvalue weighted by atomic mass is 10.0. The highest BCUT2D eigenvalue weighted by Gasteiger charge is 2.52. The van der Waals surface area contributed by atoms with Gasteiger partial charge in [-0.2, -0.15) is 8.42 Å². The highest BCUT2D eigenvalue weighted by molar-refractivity contribution is 7.86. The summed E-state index contributed by atoms with van der Waals surface area (Å²) in [6, 6.07) is 10.2. The molecule has 1 aliphatic rings. The molecule has 0 spiro atoms. The quantitative estimate of drug-likeness (QED) is 0.606. The average Bonchev–Trinajstić information content (AvgIpc) is 2.62. The van der Waals surface area contributed by atoms with Gasteiger partial charge in [-0.3, -0.25) is 4.55 Å². The molecule has 0 amide bonds. The van der Waals surface area contributed by atoms with Gasteiger partial charge in [0.25, 0.3) is 10.1 Å². The highest BCUT2D eigenvalue weighted by Crippen LogP contribution is 2.29. The third-order valence-corrected chi connectivity index (χ3v) is 4.72. The third-order valence-electron chi connectivity index (χ3n) is 3.75. The molecule has 1 aromatic carbocycles. The molecule has 27 heavy (non-hydrogen) atoms. The number of halogens is 1. The van der Waals surface area contributed by atoms with Gasteiger partial charge in [-0.05, 0) is 18.2 Å². The van der Waals surface area contributed by atoms with Crippen LogP contribution in [0.1, 0.15) is 0 Å². The second kappa shape index (κ2) is 7.74. The second-order valence-corrected chi connectivity index (χ2v) is 7.19. The minimum atomic E-state index is -4.88. The van der Waals surface area contributed by atoms with Crippen molar-refractivity contribution in [1.29, 1.82) is 0 Å². The monoisotopic (exact) mass is 401 g/mol. The van der Waals surface area contributed by atoms with Crippen LogP contribution in [0.5, 0.6) is 11.6 Å². The van der Waals surface area contributed by atoms with Gasteiger partial charge in [-0.25, -0.2) is 9.37 Å². The van der Waals surface area contributed by atoms with E-state index in [4.69, 9.17) is 14.2 Å². The van der Waals surface area contributed by atoms with Crippen LogP contribution in [-0.2, 0) is 14.9 Å². The summed E-state index contributed by atoms with van der Waals surface area (Å²) in [6.45, 7) is 0. The summed E-state index contributed by atoms with van der Waals surface area (Å²) in [4.78, 5) is 3.62. The first-order valence-corrected chi connectivity index (χ1v) is 9.24. The Morgan fingerprint density at radius 1 is 1.04 bits per heavy atom. The zero-order valence-corrected chi connectivity index (χ0v) is 14.4. The summed E-state index contributed by atoms with van der Waals surface area (Å²) in [6.07, 6.45) is -5.99. The Morgan fingerprint density at radius 2 is 1.74 bits per heavy atom. The summed E-state index contributed by atoms with van der Waals surface area (Å²) in [5.74, 6) is -0.587. The van der Waals surface area contributed by atoms with Crippen LogP contribution >= 0.6 is 0 Å². The predicted octanol–water partition coefficient (Wildman–Crippen LogP) is 0.339. The standard InChI is InChI=1S/C16H16FNO8S/c17-9-6-7-11(18-8-9)25-14-12(19)15(24-10-4-2-1-3-5-10)26-16(13(14)20)27(21,22)23/h1-8,12-16,19-20H,(H,21,22,23)/t12-,13+,14-,15-,16?/m1/s1. The van der Waals surface area contributed by atoms with Gasteiger partial charge < -0.3 is 24.4 Å². The molecule has 1 fully saturated rings. The highest BCUT2D eigenvalue weighted by atomic mass is 32.2. The van der Waals surface area contributed by atoms with Crippen LogP contribution in [0.15, 0.2) is 48.7 Å². The molecule has 5 atom stereocenters.